The van der Waals surface area contributed by atoms with Crippen molar-refractivity contribution in [1.29, 1.82) is 0 Å². The van der Waals surface area contributed by atoms with E-state index in [1.165, 1.54) is 25.9 Å². The zero-order chi connectivity index (χ0) is 25.5. The van der Waals surface area contributed by atoms with Gasteiger partial charge in [0.1, 0.15) is 11.6 Å². The fourth-order valence-electron chi connectivity index (χ4n) is 4.70. The standard InChI is InChI=1S/C27H35N9O/c1-2-23-30-26(31-24-20-21(10-11-28-24)25(37)29-22-8-4-3-5-9-22)33-27(32-23)36-18-16-35(17-19-36)15-14-34-12-6-7-13-34/h3-5,8-11,20H,2,6-7,12-19H2,1H3,(H,29,37)(H,28,30,31,32,33). The van der Waals surface area contributed by atoms with Crippen LogP contribution >= 0.6 is 0 Å². The average molecular weight is 502 g/mol. The molecule has 0 bridgehead atoms. The number of pyridine rings is 1. The number of aryl methyl sites for hydroxylation is 1. The first kappa shape index (κ1) is 25.0. The lowest BCUT2D eigenvalue weighted by molar-refractivity contribution is 0.102. The summed E-state index contributed by atoms with van der Waals surface area (Å²) in [5, 5.41) is 6.08. The summed E-state index contributed by atoms with van der Waals surface area (Å²) in [6.07, 6.45) is 4.98. The Morgan fingerprint density at radius 1 is 0.892 bits per heavy atom. The maximum absolute atomic E-state index is 12.7. The van der Waals surface area contributed by atoms with Gasteiger partial charge in [-0.15, -0.1) is 0 Å². The third-order valence-electron chi connectivity index (χ3n) is 6.87. The molecule has 2 aliphatic heterocycles. The molecule has 5 rings (SSSR count). The molecule has 10 heteroatoms. The van der Waals surface area contributed by atoms with Gasteiger partial charge in [0, 0.05) is 63.1 Å². The van der Waals surface area contributed by atoms with E-state index < -0.39 is 0 Å². The summed E-state index contributed by atoms with van der Waals surface area (Å²) in [7, 11) is 0. The first-order valence-corrected chi connectivity index (χ1v) is 13.2. The fourth-order valence-corrected chi connectivity index (χ4v) is 4.70. The molecule has 37 heavy (non-hydrogen) atoms. The van der Waals surface area contributed by atoms with E-state index in [0.717, 1.165) is 50.8 Å². The van der Waals surface area contributed by atoms with E-state index in [-0.39, 0.29) is 5.91 Å². The topological polar surface area (TPSA) is 102 Å². The first-order valence-electron chi connectivity index (χ1n) is 13.2. The van der Waals surface area contributed by atoms with Gasteiger partial charge in [0.05, 0.1) is 0 Å². The van der Waals surface area contributed by atoms with Crippen molar-refractivity contribution in [3.8, 4) is 0 Å². The number of anilines is 4. The molecule has 4 heterocycles. The third kappa shape index (κ3) is 6.78. The molecule has 0 radical (unpaired) electrons. The van der Waals surface area contributed by atoms with Gasteiger partial charge in [0.25, 0.3) is 5.91 Å². The zero-order valence-corrected chi connectivity index (χ0v) is 21.4. The minimum Gasteiger partial charge on any atom is -0.338 e. The van der Waals surface area contributed by atoms with Crippen LogP contribution in [0.4, 0.5) is 23.4 Å². The summed E-state index contributed by atoms with van der Waals surface area (Å²) >= 11 is 0. The van der Waals surface area contributed by atoms with Crippen LogP contribution < -0.4 is 15.5 Å². The number of benzene rings is 1. The molecule has 0 unspecified atom stereocenters. The second-order valence-corrected chi connectivity index (χ2v) is 9.48. The summed E-state index contributed by atoms with van der Waals surface area (Å²) in [6, 6.07) is 12.8. The number of rotatable bonds is 9. The molecule has 0 aliphatic carbocycles. The lowest BCUT2D eigenvalue weighted by Crippen LogP contribution is -2.49. The molecule has 0 spiro atoms. The van der Waals surface area contributed by atoms with Gasteiger partial charge in [-0.05, 0) is 50.2 Å². The van der Waals surface area contributed by atoms with E-state index in [2.05, 4.69) is 35.3 Å². The highest BCUT2D eigenvalue weighted by atomic mass is 16.1. The Balaban J connectivity index is 1.22. The van der Waals surface area contributed by atoms with Crippen LogP contribution in [0.15, 0.2) is 48.7 Å². The molecule has 0 saturated carbocycles. The van der Waals surface area contributed by atoms with Gasteiger partial charge in [-0.2, -0.15) is 15.0 Å². The second kappa shape index (κ2) is 12.1. The molecule has 10 nitrogen and oxygen atoms in total. The maximum Gasteiger partial charge on any atom is 0.255 e. The van der Waals surface area contributed by atoms with Crippen molar-refractivity contribution < 1.29 is 4.79 Å². The van der Waals surface area contributed by atoms with E-state index in [9.17, 15) is 4.79 Å². The smallest absolute Gasteiger partial charge is 0.255 e. The van der Waals surface area contributed by atoms with Crippen molar-refractivity contribution in [3.05, 3.63) is 60.0 Å². The number of carbonyl (C=O) groups excluding carboxylic acids is 1. The van der Waals surface area contributed by atoms with E-state index in [4.69, 9.17) is 9.97 Å². The Morgan fingerprint density at radius 3 is 2.35 bits per heavy atom. The SMILES string of the molecule is CCc1nc(Nc2cc(C(=O)Nc3ccccc3)ccn2)nc(N2CCN(CCN3CCCC3)CC2)n1. The Kier molecular flexibility index (Phi) is 8.17. The van der Waals surface area contributed by atoms with Gasteiger partial charge < -0.3 is 20.4 Å². The van der Waals surface area contributed by atoms with Crippen LogP contribution in [0.1, 0.15) is 35.9 Å². The molecule has 2 fully saturated rings. The minimum atomic E-state index is -0.204. The highest BCUT2D eigenvalue weighted by Gasteiger charge is 2.21. The Morgan fingerprint density at radius 2 is 1.62 bits per heavy atom. The largest absolute Gasteiger partial charge is 0.338 e. The number of piperazine rings is 1. The predicted octanol–water partition coefficient (Wildman–Crippen LogP) is 3.04. The maximum atomic E-state index is 12.7. The third-order valence-corrected chi connectivity index (χ3v) is 6.87. The Labute approximate surface area is 218 Å². The molecule has 2 aliphatic rings. The van der Waals surface area contributed by atoms with Gasteiger partial charge in [0.2, 0.25) is 11.9 Å². The number of aromatic nitrogens is 4. The van der Waals surface area contributed by atoms with Crippen LogP contribution in [-0.4, -0.2) is 88.0 Å². The first-order chi connectivity index (χ1) is 18.2. The van der Waals surface area contributed by atoms with Crippen LogP contribution in [0, 0.1) is 0 Å². The molecule has 1 aromatic carbocycles. The molecule has 2 saturated heterocycles. The van der Waals surface area contributed by atoms with Crippen molar-refractivity contribution in [1.82, 2.24) is 29.7 Å². The minimum absolute atomic E-state index is 0.204. The van der Waals surface area contributed by atoms with Gasteiger partial charge >= 0.3 is 0 Å². The number of likely N-dealkylation sites (tertiary alicyclic amines) is 1. The summed E-state index contributed by atoms with van der Waals surface area (Å²) in [5.41, 5.74) is 1.24. The number of nitrogens with one attached hydrogen (secondary N) is 2. The average Bonchev–Trinajstić information content (AvgIpc) is 3.46. The molecule has 2 aromatic heterocycles. The number of carbonyl (C=O) groups is 1. The van der Waals surface area contributed by atoms with E-state index in [1.807, 2.05) is 37.3 Å². The van der Waals surface area contributed by atoms with Crippen LogP contribution in [-0.2, 0) is 6.42 Å². The van der Waals surface area contributed by atoms with Crippen molar-refractivity contribution >= 4 is 29.3 Å². The molecule has 0 atom stereocenters. The summed E-state index contributed by atoms with van der Waals surface area (Å²) in [5.74, 6) is 2.15. The summed E-state index contributed by atoms with van der Waals surface area (Å²) < 4.78 is 0. The molecule has 194 valence electrons. The molecule has 3 aromatic rings. The number of hydrogen-bond acceptors (Lipinski definition) is 9. The number of hydrogen-bond donors (Lipinski definition) is 2. The van der Waals surface area contributed by atoms with Crippen LogP contribution in [0.25, 0.3) is 0 Å². The summed E-state index contributed by atoms with van der Waals surface area (Å²) in [6.45, 7) is 10.6. The van der Waals surface area contributed by atoms with Gasteiger partial charge in [-0.25, -0.2) is 4.98 Å². The molecule has 2 N–H and O–H groups in total. The van der Waals surface area contributed by atoms with E-state index in [0.29, 0.717) is 29.7 Å². The molecule has 1 amide bonds. The summed E-state index contributed by atoms with van der Waals surface area (Å²) in [4.78, 5) is 38.4. The van der Waals surface area contributed by atoms with E-state index in [1.54, 1.807) is 18.3 Å². The second-order valence-electron chi connectivity index (χ2n) is 9.48. The number of nitrogens with zero attached hydrogens (tertiary/aromatic N) is 7. The normalized spacial score (nSPS) is 16.6. The molecular weight excluding hydrogens is 466 g/mol. The number of para-hydroxylation sites is 1. The van der Waals surface area contributed by atoms with Gasteiger partial charge in [-0.3, -0.25) is 9.69 Å². The fraction of sp³-hybridized carbons (Fsp3) is 0.444. The van der Waals surface area contributed by atoms with Crippen LogP contribution in [0.5, 0.6) is 0 Å². The van der Waals surface area contributed by atoms with Crippen LogP contribution in [0.3, 0.4) is 0 Å². The predicted molar refractivity (Wildman–Crippen MR) is 145 cm³/mol. The Bertz CT molecular complexity index is 1180. The van der Waals surface area contributed by atoms with Crippen LogP contribution in [0.2, 0.25) is 0 Å². The number of amides is 1. The lowest BCUT2D eigenvalue weighted by Gasteiger charge is -2.35. The monoisotopic (exact) mass is 501 g/mol. The van der Waals surface area contributed by atoms with Crippen molar-refractivity contribution in [2.24, 2.45) is 0 Å². The van der Waals surface area contributed by atoms with Crippen molar-refractivity contribution in [2.45, 2.75) is 26.2 Å². The molecular formula is C27H35N9O. The van der Waals surface area contributed by atoms with E-state index >= 15 is 0 Å². The van der Waals surface area contributed by atoms with Crippen molar-refractivity contribution in [2.75, 3.05) is 67.9 Å². The quantitative estimate of drug-likeness (QED) is 0.458. The van der Waals surface area contributed by atoms with Gasteiger partial charge in [0.15, 0.2) is 0 Å². The highest BCUT2D eigenvalue weighted by molar-refractivity contribution is 6.04. The van der Waals surface area contributed by atoms with Gasteiger partial charge in [-0.1, -0.05) is 25.1 Å². The Hall–Kier alpha value is -3.63. The lowest BCUT2D eigenvalue weighted by atomic mass is 10.2. The zero-order valence-electron chi connectivity index (χ0n) is 21.4. The van der Waals surface area contributed by atoms with Crippen molar-refractivity contribution in [3.63, 3.8) is 0 Å². The highest BCUT2D eigenvalue weighted by Crippen LogP contribution is 2.18.